The quantitative estimate of drug-likeness (QED) is 0.192. The molecule has 190 valence electrons. The van der Waals surface area contributed by atoms with Gasteiger partial charge in [-0.2, -0.15) is 0 Å². The molecule has 0 aliphatic rings. The molecule has 0 aliphatic heterocycles. The van der Waals surface area contributed by atoms with Crippen molar-refractivity contribution in [3.63, 3.8) is 0 Å². The van der Waals surface area contributed by atoms with E-state index in [2.05, 4.69) is 47.0 Å². The fraction of sp³-hybridized carbons (Fsp3) is 0.125. The normalized spacial score (nSPS) is 10.9. The number of carbonyl (C=O) groups excluding carboxylic acids is 2. The molecule has 5 aromatic carbocycles. The summed E-state index contributed by atoms with van der Waals surface area (Å²) in [6, 6.07) is 36.5. The third-order valence-electron chi connectivity index (χ3n) is 6.09. The summed E-state index contributed by atoms with van der Waals surface area (Å²) >= 11 is 3.19. The third kappa shape index (κ3) is 7.18. The van der Waals surface area contributed by atoms with Crippen LogP contribution in [0.4, 0.5) is 11.4 Å². The average Bonchev–Trinajstić information content (AvgIpc) is 2.94. The maximum atomic E-state index is 12.4. The Morgan fingerprint density at radius 1 is 0.500 bits per heavy atom. The van der Waals surface area contributed by atoms with E-state index in [4.69, 9.17) is 0 Å². The monoisotopic (exact) mass is 536 g/mol. The largest absolute Gasteiger partial charge is 0.325 e. The van der Waals surface area contributed by atoms with Gasteiger partial charge in [0.15, 0.2) is 0 Å². The van der Waals surface area contributed by atoms with Gasteiger partial charge in [0, 0.05) is 22.9 Å². The van der Waals surface area contributed by atoms with E-state index in [-0.39, 0.29) is 11.8 Å². The van der Waals surface area contributed by atoms with Gasteiger partial charge in [-0.3, -0.25) is 9.59 Å². The van der Waals surface area contributed by atoms with Crippen molar-refractivity contribution in [2.75, 3.05) is 22.1 Å². The van der Waals surface area contributed by atoms with E-state index < -0.39 is 0 Å². The molecule has 6 heteroatoms. The van der Waals surface area contributed by atoms with Crippen molar-refractivity contribution < 1.29 is 9.59 Å². The van der Waals surface area contributed by atoms with Crippen LogP contribution in [0, 0.1) is 0 Å². The third-order valence-corrected chi connectivity index (χ3v) is 8.10. The van der Waals surface area contributed by atoms with Crippen molar-refractivity contribution in [2.24, 2.45) is 0 Å². The van der Waals surface area contributed by atoms with Gasteiger partial charge in [0.2, 0.25) is 11.8 Å². The van der Waals surface area contributed by atoms with Crippen molar-refractivity contribution in [1.29, 1.82) is 0 Å². The highest BCUT2D eigenvalue weighted by atomic mass is 32.2. The molecule has 0 spiro atoms. The average molecular weight is 537 g/mol. The van der Waals surface area contributed by atoms with Crippen LogP contribution >= 0.6 is 23.5 Å². The first-order valence-electron chi connectivity index (χ1n) is 12.4. The minimum Gasteiger partial charge on any atom is -0.325 e. The van der Waals surface area contributed by atoms with E-state index in [9.17, 15) is 9.59 Å². The van der Waals surface area contributed by atoms with E-state index in [0.29, 0.717) is 11.5 Å². The van der Waals surface area contributed by atoms with E-state index in [1.807, 2.05) is 72.8 Å². The zero-order valence-corrected chi connectivity index (χ0v) is 22.5. The molecule has 4 nitrogen and oxygen atoms in total. The number of nitrogens with one attached hydrogen (secondary N) is 2. The lowest BCUT2D eigenvalue weighted by Crippen LogP contribution is -2.14. The number of amides is 2. The molecule has 38 heavy (non-hydrogen) atoms. The van der Waals surface area contributed by atoms with Crippen LogP contribution in [0.1, 0.15) is 11.1 Å². The second kappa shape index (κ2) is 12.7. The topological polar surface area (TPSA) is 58.2 Å². The van der Waals surface area contributed by atoms with Gasteiger partial charge in [0.25, 0.3) is 0 Å². The fourth-order valence-electron chi connectivity index (χ4n) is 4.18. The van der Waals surface area contributed by atoms with Crippen molar-refractivity contribution in [3.05, 3.63) is 120 Å². The first-order chi connectivity index (χ1) is 18.6. The van der Waals surface area contributed by atoms with E-state index in [0.717, 1.165) is 44.4 Å². The summed E-state index contributed by atoms with van der Waals surface area (Å²) in [5.41, 5.74) is 4.00. The molecule has 0 fully saturated rings. The van der Waals surface area contributed by atoms with Crippen LogP contribution in [0.3, 0.4) is 0 Å². The molecule has 0 saturated heterocycles. The molecule has 0 aliphatic carbocycles. The number of anilines is 2. The molecule has 0 heterocycles. The van der Waals surface area contributed by atoms with Crippen LogP contribution in [0.25, 0.3) is 21.5 Å². The molecule has 5 aromatic rings. The van der Waals surface area contributed by atoms with Crippen LogP contribution in [-0.4, -0.2) is 23.3 Å². The Morgan fingerprint density at radius 3 is 1.32 bits per heavy atom. The Bertz CT molecular complexity index is 1450. The SMILES string of the molecule is O=C(CSCc1ccc(CSCC(=O)Nc2ccc3ccccc3c2)cc1)Nc1ccc2ccccc2c1. The van der Waals surface area contributed by atoms with E-state index >= 15 is 0 Å². The van der Waals surface area contributed by atoms with Crippen molar-refractivity contribution in [2.45, 2.75) is 11.5 Å². The van der Waals surface area contributed by atoms with E-state index in [1.54, 1.807) is 23.5 Å². The molecule has 0 atom stereocenters. The molecule has 5 rings (SSSR count). The molecule has 0 unspecified atom stereocenters. The van der Waals surface area contributed by atoms with Crippen LogP contribution in [-0.2, 0) is 21.1 Å². The summed E-state index contributed by atoms with van der Waals surface area (Å²) in [5, 5.41) is 10.5. The Labute approximate surface area is 231 Å². The zero-order valence-electron chi connectivity index (χ0n) is 20.9. The smallest absolute Gasteiger partial charge is 0.234 e. The van der Waals surface area contributed by atoms with Crippen molar-refractivity contribution >= 4 is 68.3 Å². The predicted molar refractivity (Wildman–Crippen MR) is 164 cm³/mol. The standard InChI is InChI=1S/C32H28N2O2S2/c35-31(33-29-15-13-25-5-1-3-7-27(25)17-29)21-37-19-23-9-11-24(12-10-23)20-38-22-32(36)34-30-16-14-26-6-2-4-8-28(26)18-30/h1-18H,19-22H2,(H,33,35)(H,34,36). The van der Waals surface area contributed by atoms with Gasteiger partial charge >= 0.3 is 0 Å². The number of benzene rings is 5. The molecular formula is C32H28N2O2S2. The van der Waals surface area contributed by atoms with Gasteiger partial charge < -0.3 is 10.6 Å². The molecule has 0 aromatic heterocycles. The minimum atomic E-state index is 0.000248. The number of carbonyl (C=O) groups is 2. The van der Waals surface area contributed by atoms with Gasteiger partial charge in [0.05, 0.1) is 11.5 Å². The highest BCUT2D eigenvalue weighted by Crippen LogP contribution is 2.21. The molecule has 0 radical (unpaired) electrons. The van der Waals surface area contributed by atoms with Crippen LogP contribution < -0.4 is 10.6 Å². The molecular weight excluding hydrogens is 508 g/mol. The lowest BCUT2D eigenvalue weighted by molar-refractivity contribution is -0.114. The summed E-state index contributed by atoms with van der Waals surface area (Å²) in [6.45, 7) is 0. The molecule has 0 saturated carbocycles. The highest BCUT2D eigenvalue weighted by molar-refractivity contribution is 7.99. The molecule has 0 bridgehead atoms. The maximum Gasteiger partial charge on any atom is 0.234 e. The fourth-order valence-corrected chi connectivity index (χ4v) is 5.76. The van der Waals surface area contributed by atoms with Gasteiger partial charge in [-0.1, -0.05) is 84.9 Å². The number of hydrogen-bond acceptors (Lipinski definition) is 4. The highest BCUT2D eigenvalue weighted by Gasteiger charge is 2.06. The Kier molecular flexibility index (Phi) is 8.64. The maximum absolute atomic E-state index is 12.4. The first kappa shape index (κ1) is 25.9. The summed E-state index contributed by atoms with van der Waals surface area (Å²) in [4.78, 5) is 24.7. The lowest BCUT2D eigenvalue weighted by atomic mass is 10.1. The van der Waals surface area contributed by atoms with Crippen LogP contribution in [0.2, 0.25) is 0 Å². The zero-order chi connectivity index (χ0) is 26.2. The summed E-state index contributed by atoms with van der Waals surface area (Å²) in [6.07, 6.45) is 0. The van der Waals surface area contributed by atoms with Crippen molar-refractivity contribution in [1.82, 2.24) is 0 Å². The van der Waals surface area contributed by atoms with Crippen molar-refractivity contribution in [3.8, 4) is 0 Å². The second-order valence-electron chi connectivity index (χ2n) is 9.02. The summed E-state index contributed by atoms with van der Waals surface area (Å²) in [5.74, 6) is 2.34. The second-order valence-corrected chi connectivity index (χ2v) is 11.0. The Morgan fingerprint density at radius 2 is 0.895 bits per heavy atom. The predicted octanol–water partition coefficient (Wildman–Crippen LogP) is 7.74. The van der Waals surface area contributed by atoms with Crippen LogP contribution in [0.15, 0.2) is 109 Å². The van der Waals surface area contributed by atoms with Crippen LogP contribution in [0.5, 0.6) is 0 Å². The van der Waals surface area contributed by atoms with Gasteiger partial charge in [-0.05, 0) is 56.9 Å². The number of rotatable bonds is 10. The van der Waals surface area contributed by atoms with Gasteiger partial charge in [-0.15, -0.1) is 23.5 Å². The van der Waals surface area contributed by atoms with Gasteiger partial charge in [-0.25, -0.2) is 0 Å². The minimum absolute atomic E-state index is 0.000248. The Balaban J connectivity index is 1.01. The lowest BCUT2D eigenvalue weighted by Gasteiger charge is -2.08. The molecule has 2 amide bonds. The number of fused-ring (bicyclic) bond motifs is 2. The number of thioether (sulfide) groups is 2. The van der Waals surface area contributed by atoms with Gasteiger partial charge in [0.1, 0.15) is 0 Å². The molecule has 2 N–H and O–H groups in total. The first-order valence-corrected chi connectivity index (χ1v) is 14.7. The number of hydrogen-bond donors (Lipinski definition) is 2. The summed E-state index contributed by atoms with van der Waals surface area (Å²) < 4.78 is 0. The summed E-state index contributed by atoms with van der Waals surface area (Å²) in [7, 11) is 0. The Hall–Kier alpha value is -3.74. The van der Waals surface area contributed by atoms with E-state index in [1.165, 1.54) is 11.1 Å².